The summed E-state index contributed by atoms with van der Waals surface area (Å²) in [4.78, 5) is 2.46. The van der Waals surface area contributed by atoms with E-state index in [1.54, 1.807) is 0 Å². The first-order valence-corrected chi connectivity index (χ1v) is 23.0. The van der Waals surface area contributed by atoms with E-state index in [1.165, 1.54) is 77.6 Å². The van der Waals surface area contributed by atoms with Gasteiger partial charge in [0.2, 0.25) is 0 Å². The minimum atomic E-state index is -0.251. The van der Waals surface area contributed by atoms with Crippen LogP contribution in [0.1, 0.15) is 26.3 Å². The van der Waals surface area contributed by atoms with Crippen molar-refractivity contribution in [3.8, 4) is 50.2 Å². The molecule has 1 aromatic heterocycles. The summed E-state index contributed by atoms with van der Waals surface area (Å²) >= 11 is 0. The van der Waals surface area contributed by atoms with E-state index in [0.717, 1.165) is 22.5 Å². The average Bonchev–Trinajstić information content (AvgIpc) is 3.71. The maximum Gasteiger partial charge on any atom is 0.0619 e. The van der Waals surface area contributed by atoms with Crippen LogP contribution in [-0.4, -0.2) is 11.1 Å². The fourth-order valence-corrected chi connectivity index (χ4v) is 9.74. The second-order valence-electron chi connectivity index (χ2n) is 17.9. The van der Waals surface area contributed by atoms with Crippen LogP contribution >= 0.6 is 0 Å². The topological polar surface area (TPSA) is 8.17 Å². The first kappa shape index (κ1) is 42.0. The third-order valence-electron chi connectivity index (χ3n) is 13.7. The number of hydrogen-bond acceptors (Lipinski definition) is 1. The lowest BCUT2D eigenvalue weighted by Gasteiger charge is -2.37. The van der Waals surface area contributed by atoms with Crippen molar-refractivity contribution in [2.75, 3.05) is 11.4 Å². The molecule has 0 fully saturated rings. The molecule has 2 nitrogen and oxygen atoms in total. The number of nitrogens with zero attached hydrogens (tertiary/aromatic N) is 2. The molecule has 66 heavy (non-hydrogen) atoms. The molecule has 2 heterocycles. The maximum absolute atomic E-state index is 4.17. The Morgan fingerprint density at radius 1 is 0.561 bits per heavy atom. The molecule has 0 amide bonds. The minimum Gasteiger partial charge on any atom is -0.337 e. The number of fused-ring (bicyclic) bond motifs is 4. The van der Waals surface area contributed by atoms with E-state index in [0.29, 0.717) is 6.54 Å². The molecule has 0 aliphatic carbocycles. The van der Waals surface area contributed by atoms with Gasteiger partial charge in [0.1, 0.15) is 0 Å². The first-order chi connectivity index (χ1) is 32.3. The van der Waals surface area contributed by atoms with Gasteiger partial charge in [0.05, 0.1) is 11.0 Å². The van der Waals surface area contributed by atoms with Gasteiger partial charge in [0.15, 0.2) is 0 Å². The number of aromatic nitrogens is 1. The molecule has 2 heteroatoms. The highest BCUT2D eigenvalue weighted by Gasteiger charge is 2.32. The highest BCUT2D eigenvalue weighted by molar-refractivity contribution is 6.15. The summed E-state index contributed by atoms with van der Waals surface area (Å²) in [6, 6.07) is 71.0. The van der Waals surface area contributed by atoms with Crippen LogP contribution in [-0.2, 0) is 5.41 Å². The van der Waals surface area contributed by atoms with E-state index in [1.807, 2.05) is 12.2 Å². The monoisotopic (exact) mass is 850 g/mol. The molecule has 0 bridgehead atoms. The largest absolute Gasteiger partial charge is 0.337 e. The minimum absolute atomic E-state index is 0.178. The van der Waals surface area contributed by atoms with Crippen LogP contribution in [0.25, 0.3) is 72.0 Å². The standard InChI is InChI=1S/C64H54N2/c1-6-20-46(7-2)52-25-19-40-65(55-37-34-49(35-38-55)47-21-11-8-12-22-47)62-39-36-53(44-60(62)64(4,5)45(3)41-52)50-30-32-51(33-31-50)58-42-54(48-23-13-9-14-24-48)43-59-57-28-17-18-29-61(57)66(63(58)59)56-26-15-10-16-27-56/h6-39,41-45H,1-2,40H2,3-5H3/b25-19-,46-20+,52-41+. The fraction of sp³-hybridized carbons (Fsp3) is 0.0938. The number of benzene rings is 8. The van der Waals surface area contributed by atoms with Crippen molar-refractivity contribution in [2.24, 2.45) is 5.92 Å². The van der Waals surface area contributed by atoms with E-state index >= 15 is 0 Å². The van der Waals surface area contributed by atoms with Crippen molar-refractivity contribution in [3.63, 3.8) is 0 Å². The van der Waals surface area contributed by atoms with E-state index in [2.05, 4.69) is 262 Å². The Kier molecular flexibility index (Phi) is 11.4. The van der Waals surface area contributed by atoms with Crippen LogP contribution in [0.4, 0.5) is 11.4 Å². The summed E-state index contributed by atoms with van der Waals surface area (Å²) in [7, 11) is 0. The fourth-order valence-electron chi connectivity index (χ4n) is 9.74. The van der Waals surface area contributed by atoms with Crippen molar-refractivity contribution in [1.82, 2.24) is 4.57 Å². The van der Waals surface area contributed by atoms with E-state index < -0.39 is 0 Å². The SMILES string of the molecule is C=C/C=C(C=C)/C1=C/C(C)C(C)(C)c2cc(-c3ccc(-c4cc(-c5ccccc5)cc5c6ccccc6n(-c6ccccc6)c45)cc3)ccc2N(c2ccc(-c3ccccc3)cc2)C/C=C\1. The van der Waals surface area contributed by atoms with Crippen molar-refractivity contribution in [2.45, 2.75) is 26.2 Å². The predicted molar refractivity (Wildman–Crippen MR) is 284 cm³/mol. The zero-order valence-electron chi connectivity index (χ0n) is 38.0. The molecule has 0 spiro atoms. The van der Waals surface area contributed by atoms with Gasteiger partial charge >= 0.3 is 0 Å². The summed E-state index contributed by atoms with van der Waals surface area (Å²) in [6.45, 7) is 16.0. The summed E-state index contributed by atoms with van der Waals surface area (Å²) in [6.07, 6.45) is 12.8. The van der Waals surface area contributed by atoms with Crippen LogP contribution in [0.3, 0.4) is 0 Å². The Bertz CT molecular complexity index is 3310. The molecule has 0 radical (unpaired) electrons. The van der Waals surface area contributed by atoms with Gasteiger partial charge in [-0.2, -0.15) is 0 Å². The number of para-hydroxylation sites is 2. The van der Waals surface area contributed by atoms with Crippen molar-refractivity contribution in [3.05, 3.63) is 260 Å². The molecule has 9 aromatic rings. The summed E-state index contributed by atoms with van der Waals surface area (Å²) in [5.74, 6) is 0.178. The van der Waals surface area contributed by atoms with Gasteiger partial charge in [-0.1, -0.05) is 210 Å². The number of hydrogen-bond donors (Lipinski definition) is 0. The molecule has 1 atom stereocenters. The summed E-state index contributed by atoms with van der Waals surface area (Å²) < 4.78 is 2.44. The van der Waals surface area contributed by atoms with Gasteiger partial charge in [0.25, 0.3) is 0 Å². The third-order valence-corrected chi connectivity index (χ3v) is 13.7. The van der Waals surface area contributed by atoms with Gasteiger partial charge in [-0.3, -0.25) is 0 Å². The van der Waals surface area contributed by atoms with Crippen molar-refractivity contribution < 1.29 is 0 Å². The van der Waals surface area contributed by atoms with Crippen LogP contribution < -0.4 is 4.90 Å². The Morgan fingerprint density at radius 3 is 1.82 bits per heavy atom. The molecule has 8 aromatic carbocycles. The second kappa shape index (κ2) is 17.9. The van der Waals surface area contributed by atoms with Crippen LogP contribution in [0.15, 0.2) is 255 Å². The lowest BCUT2D eigenvalue weighted by molar-refractivity contribution is 0.409. The Morgan fingerprint density at radius 2 is 1.14 bits per heavy atom. The number of anilines is 2. The highest BCUT2D eigenvalue weighted by Crippen LogP contribution is 2.45. The molecule has 0 saturated carbocycles. The molecule has 10 rings (SSSR count). The lowest BCUT2D eigenvalue weighted by Crippen LogP contribution is -2.30. The van der Waals surface area contributed by atoms with Crippen molar-refractivity contribution >= 4 is 33.2 Å². The Balaban J connectivity index is 1.11. The van der Waals surface area contributed by atoms with Crippen molar-refractivity contribution in [1.29, 1.82) is 0 Å². The van der Waals surface area contributed by atoms with Crippen LogP contribution in [0.2, 0.25) is 0 Å². The summed E-state index contributed by atoms with van der Waals surface area (Å²) in [5.41, 5.74) is 18.7. The van der Waals surface area contributed by atoms with Gasteiger partial charge in [0, 0.05) is 39.9 Å². The van der Waals surface area contributed by atoms with Crippen LogP contribution in [0, 0.1) is 5.92 Å². The second-order valence-corrected chi connectivity index (χ2v) is 17.9. The zero-order valence-corrected chi connectivity index (χ0v) is 38.0. The average molecular weight is 851 g/mol. The van der Waals surface area contributed by atoms with E-state index in [9.17, 15) is 0 Å². The molecule has 1 aliphatic rings. The van der Waals surface area contributed by atoms with Gasteiger partial charge < -0.3 is 9.47 Å². The normalized spacial score (nSPS) is 16.3. The zero-order chi connectivity index (χ0) is 45.2. The van der Waals surface area contributed by atoms with Gasteiger partial charge in [-0.05, 0) is 122 Å². The van der Waals surface area contributed by atoms with Crippen LogP contribution in [0.5, 0.6) is 0 Å². The molecule has 0 saturated heterocycles. The van der Waals surface area contributed by atoms with Gasteiger partial charge in [-0.25, -0.2) is 0 Å². The smallest absolute Gasteiger partial charge is 0.0619 e. The van der Waals surface area contributed by atoms with E-state index in [-0.39, 0.29) is 11.3 Å². The van der Waals surface area contributed by atoms with Gasteiger partial charge in [-0.15, -0.1) is 0 Å². The molecular formula is C64H54N2. The quantitative estimate of drug-likeness (QED) is 0.131. The number of allylic oxidation sites excluding steroid dienone is 7. The Hall–Kier alpha value is -7.94. The lowest BCUT2D eigenvalue weighted by atomic mass is 9.71. The highest BCUT2D eigenvalue weighted by atomic mass is 15.1. The summed E-state index contributed by atoms with van der Waals surface area (Å²) in [5, 5.41) is 2.48. The van der Waals surface area contributed by atoms with E-state index in [4.69, 9.17) is 0 Å². The number of rotatable bonds is 9. The Labute approximate surface area is 390 Å². The first-order valence-electron chi connectivity index (χ1n) is 23.0. The molecule has 0 N–H and O–H groups in total. The molecule has 1 unspecified atom stereocenters. The predicted octanol–water partition coefficient (Wildman–Crippen LogP) is 17.3. The molecule has 320 valence electrons. The molecular weight excluding hydrogens is 797 g/mol. The molecule has 1 aliphatic heterocycles. The third kappa shape index (κ3) is 7.86. The maximum atomic E-state index is 4.17.